The highest BCUT2D eigenvalue weighted by molar-refractivity contribution is 6.16. The molecule has 0 aliphatic carbocycles. The molecule has 0 spiro atoms. The van der Waals surface area contributed by atoms with Crippen LogP contribution in [0.15, 0.2) is 36.5 Å². The molecule has 0 fully saturated rings. The molecule has 2 rings (SSSR count). The molecule has 2 aromatic rings. The summed E-state index contributed by atoms with van der Waals surface area (Å²) in [6, 6.07) is 6.58. The molecule has 1 heterocycles. The van der Waals surface area contributed by atoms with E-state index in [9.17, 15) is 8.78 Å². The molecule has 88 valence electrons. The van der Waals surface area contributed by atoms with Crippen LogP contribution in [0.2, 0.25) is 0 Å². The molecule has 2 nitrogen and oxygen atoms in total. The zero-order chi connectivity index (χ0) is 12.3. The van der Waals surface area contributed by atoms with Crippen molar-refractivity contribution in [1.82, 2.24) is 4.98 Å². The molecule has 0 atom stereocenters. The number of aromatic nitrogens is 1. The van der Waals surface area contributed by atoms with Crippen LogP contribution >= 0.6 is 11.6 Å². The standard InChI is InChI=1S/C12H8ClF2NO/c13-7-8-5-10(3-4-16-8)17-9-1-2-11(14)12(15)6-9/h1-6H,7H2. The van der Waals surface area contributed by atoms with Crippen LogP contribution in [-0.2, 0) is 5.88 Å². The smallest absolute Gasteiger partial charge is 0.162 e. The van der Waals surface area contributed by atoms with Gasteiger partial charge < -0.3 is 4.74 Å². The van der Waals surface area contributed by atoms with Gasteiger partial charge in [-0.3, -0.25) is 4.98 Å². The second kappa shape index (κ2) is 5.10. The quantitative estimate of drug-likeness (QED) is 0.776. The summed E-state index contributed by atoms with van der Waals surface area (Å²) >= 11 is 5.62. The van der Waals surface area contributed by atoms with Gasteiger partial charge in [0.15, 0.2) is 11.6 Å². The average molecular weight is 256 g/mol. The van der Waals surface area contributed by atoms with E-state index in [0.29, 0.717) is 11.4 Å². The van der Waals surface area contributed by atoms with E-state index in [4.69, 9.17) is 16.3 Å². The van der Waals surface area contributed by atoms with E-state index < -0.39 is 11.6 Å². The maximum atomic E-state index is 12.9. The summed E-state index contributed by atoms with van der Waals surface area (Å²) in [5.41, 5.74) is 0.645. The van der Waals surface area contributed by atoms with Gasteiger partial charge in [0.05, 0.1) is 11.6 Å². The van der Waals surface area contributed by atoms with Crippen molar-refractivity contribution in [2.75, 3.05) is 0 Å². The number of alkyl halides is 1. The van der Waals surface area contributed by atoms with Crippen molar-refractivity contribution >= 4 is 11.6 Å². The zero-order valence-electron chi connectivity index (χ0n) is 8.66. The Kier molecular flexibility index (Phi) is 3.54. The number of ether oxygens (including phenoxy) is 1. The predicted octanol–water partition coefficient (Wildman–Crippen LogP) is 3.89. The summed E-state index contributed by atoms with van der Waals surface area (Å²) in [6.07, 6.45) is 1.53. The van der Waals surface area contributed by atoms with Gasteiger partial charge in [0.1, 0.15) is 11.5 Å². The Balaban J connectivity index is 2.22. The number of halogens is 3. The minimum atomic E-state index is -0.950. The fourth-order valence-corrected chi connectivity index (χ4v) is 1.42. The van der Waals surface area contributed by atoms with E-state index >= 15 is 0 Å². The third-order valence-corrected chi connectivity index (χ3v) is 2.33. The highest BCUT2D eigenvalue weighted by Crippen LogP contribution is 2.23. The van der Waals surface area contributed by atoms with Crippen molar-refractivity contribution in [2.24, 2.45) is 0 Å². The van der Waals surface area contributed by atoms with Crippen molar-refractivity contribution < 1.29 is 13.5 Å². The molecular weight excluding hydrogens is 248 g/mol. The van der Waals surface area contributed by atoms with Gasteiger partial charge in [0.25, 0.3) is 0 Å². The van der Waals surface area contributed by atoms with Crippen molar-refractivity contribution in [3.8, 4) is 11.5 Å². The van der Waals surface area contributed by atoms with E-state index in [1.54, 1.807) is 12.1 Å². The van der Waals surface area contributed by atoms with Gasteiger partial charge in [-0.2, -0.15) is 0 Å². The van der Waals surface area contributed by atoms with Gasteiger partial charge in [0, 0.05) is 18.3 Å². The molecule has 0 aliphatic rings. The van der Waals surface area contributed by atoms with E-state index in [1.165, 1.54) is 12.3 Å². The van der Waals surface area contributed by atoms with Crippen LogP contribution < -0.4 is 4.74 Å². The first kappa shape index (κ1) is 11.8. The number of benzene rings is 1. The van der Waals surface area contributed by atoms with E-state index in [2.05, 4.69) is 4.98 Å². The van der Waals surface area contributed by atoms with Crippen LogP contribution in [0.25, 0.3) is 0 Å². The van der Waals surface area contributed by atoms with Gasteiger partial charge in [-0.15, -0.1) is 11.6 Å². The molecular formula is C12H8ClF2NO. The third-order valence-electron chi connectivity index (χ3n) is 2.05. The Morgan fingerprint density at radius 2 is 1.82 bits per heavy atom. The van der Waals surface area contributed by atoms with Crippen molar-refractivity contribution in [3.05, 3.63) is 53.9 Å². The summed E-state index contributed by atoms with van der Waals surface area (Å²) in [7, 11) is 0. The molecule has 1 aromatic carbocycles. The molecule has 0 unspecified atom stereocenters. The lowest BCUT2D eigenvalue weighted by molar-refractivity contribution is 0.460. The summed E-state index contributed by atoms with van der Waals surface area (Å²) in [6.45, 7) is 0. The second-order valence-corrected chi connectivity index (χ2v) is 3.56. The normalized spacial score (nSPS) is 10.3. The molecule has 1 aromatic heterocycles. The first-order valence-corrected chi connectivity index (χ1v) is 5.36. The fraction of sp³-hybridized carbons (Fsp3) is 0.0833. The number of nitrogens with zero attached hydrogens (tertiary/aromatic N) is 1. The summed E-state index contributed by atoms with van der Waals surface area (Å²) in [4.78, 5) is 3.99. The Hall–Kier alpha value is -1.68. The molecule has 0 radical (unpaired) electrons. The molecule has 17 heavy (non-hydrogen) atoms. The lowest BCUT2D eigenvalue weighted by Gasteiger charge is -2.06. The first-order chi connectivity index (χ1) is 8.19. The minimum Gasteiger partial charge on any atom is -0.457 e. The topological polar surface area (TPSA) is 22.1 Å². The number of hydrogen-bond donors (Lipinski definition) is 0. The molecule has 0 bridgehead atoms. The first-order valence-electron chi connectivity index (χ1n) is 4.83. The SMILES string of the molecule is Fc1ccc(Oc2ccnc(CCl)c2)cc1F. The van der Waals surface area contributed by atoms with E-state index in [1.807, 2.05) is 0 Å². The fourth-order valence-electron chi connectivity index (χ4n) is 1.27. The van der Waals surface area contributed by atoms with E-state index in [-0.39, 0.29) is 11.6 Å². The maximum Gasteiger partial charge on any atom is 0.162 e. The molecule has 0 saturated heterocycles. The molecule has 0 aliphatic heterocycles. The molecule has 0 saturated carbocycles. The second-order valence-electron chi connectivity index (χ2n) is 3.29. The van der Waals surface area contributed by atoms with Crippen LogP contribution in [0.3, 0.4) is 0 Å². The van der Waals surface area contributed by atoms with Crippen molar-refractivity contribution in [2.45, 2.75) is 5.88 Å². The Morgan fingerprint density at radius 1 is 1.06 bits per heavy atom. The lowest BCUT2D eigenvalue weighted by Crippen LogP contribution is -1.90. The van der Waals surface area contributed by atoms with E-state index in [0.717, 1.165) is 12.1 Å². The predicted molar refractivity (Wildman–Crippen MR) is 60.2 cm³/mol. The number of pyridine rings is 1. The van der Waals surface area contributed by atoms with Gasteiger partial charge in [-0.25, -0.2) is 8.78 Å². The van der Waals surface area contributed by atoms with Gasteiger partial charge >= 0.3 is 0 Å². The van der Waals surface area contributed by atoms with Crippen LogP contribution in [0.1, 0.15) is 5.69 Å². The summed E-state index contributed by atoms with van der Waals surface area (Å²) in [5.74, 6) is -0.908. The number of rotatable bonds is 3. The summed E-state index contributed by atoms with van der Waals surface area (Å²) in [5, 5.41) is 0. The molecule has 0 amide bonds. The monoisotopic (exact) mass is 255 g/mol. The minimum absolute atomic E-state index is 0.218. The highest BCUT2D eigenvalue weighted by atomic mass is 35.5. The zero-order valence-corrected chi connectivity index (χ0v) is 9.42. The van der Waals surface area contributed by atoms with Gasteiger partial charge in [-0.1, -0.05) is 0 Å². The van der Waals surface area contributed by atoms with Crippen LogP contribution in [0.4, 0.5) is 8.78 Å². The van der Waals surface area contributed by atoms with Crippen LogP contribution in [-0.4, -0.2) is 4.98 Å². The third kappa shape index (κ3) is 2.91. The Labute approximate surface area is 102 Å². The number of hydrogen-bond acceptors (Lipinski definition) is 2. The maximum absolute atomic E-state index is 12.9. The molecule has 5 heteroatoms. The Bertz CT molecular complexity index is 534. The highest BCUT2D eigenvalue weighted by Gasteiger charge is 2.04. The van der Waals surface area contributed by atoms with Crippen LogP contribution in [0, 0.1) is 11.6 Å². The van der Waals surface area contributed by atoms with Gasteiger partial charge in [0.2, 0.25) is 0 Å². The van der Waals surface area contributed by atoms with Crippen LogP contribution in [0.5, 0.6) is 11.5 Å². The summed E-state index contributed by atoms with van der Waals surface area (Å²) < 4.78 is 31.0. The molecule has 0 N–H and O–H groups in total. The van der Waals surface area contributed by atoms with Gasteiger partial charge in [-0.05, 0) is 18.2 Å². The lowest BCUT2D eigenvalue weighted by atomic mass is 10.3. The average Bonchev–Trinajstić information content (AvgIpc) is 2.34. The Morgan fingerprint density at radius 3 is 2.53 bits per heavy atom. The van der Waals surface area contributed by atoms with Crippen molar-refractivity contribution in [1.29, 1.82) is 0 Å². The largest absolute Gasteiger partial charge is 0.457 e. The van der Waals surface area contributed by atoms with Crippen molar-refractivity contribution in [3.63, 3.8) is 0 Å².